The molecule has 1 fully saturated rings. The third-order valence-electron chi connectivity index (χ3n) is 4.21. The quantitative estimate of drug-likeness (QED) is 0.807. The number of likely N-dealkylation sites (tertiary alicyclic amines) is 1. The van der Waals surface area contributed by atoms with Crippen LogP contribution in [0.2, 0.25) is 0 Å². The van der Waals surface area contributed by atoms with E-state index < -0.39 is 5.54 Å². The maximum absolute atomic E-state index is 12.5. The van der Waals surface area contributed by atoms with Crippen molar-refractivity contribution in [2.75, 3.05) is 13.2 Å². The van der Waals surface area contributed by atoms with Crippen molar-refractivity contribution in [1.29, 1.82) is 0 Å². The van der Waals surface area contributed by atoms with Gasteiger partial charge < -0.3 is 14.2 Å². The Hall–Kier alpha value is -2.37. The van der Waals surface area contributed by atoms with Crippen molar-refractivity contribution in [2.24, 2.45) is 0 Å². The number of amides is 1. The Labute approximate surface area is 128 Å². The Morgan fingerprint density at radius 1 is 1.41 bits per heavy atom. The lowest BCUT2D eigenvalue weighted by molar-refractivity contribution is -0.173. The second kappa shape index (κ2) is 5.44. The average molecular weight is 302 g/mol. The number of esters is 1. The van der Waals surface area contributed by atoms with Crippen LogP contribution in [0.1, 0.15) is 26.0 Å². The highest BCUT2D eigenvalue weighted by atomic mass is 16.5. The molecule has 1 atom stereocenters. The van der Waals surface area contributed by atoms with Crippen molar-refractivity contribution in [3.05, 3.63) is 30.0 Å². The Bertz CT molecular complexity index is 724. The van der Waals surface area contributed by atoms with Crippen LogP contribution in [0.25, 0.3) is 11.0 Å². The molecular weight excluding hydrogens is 284 g/mol. The molecule has 2 heterocycles. The van der Waals surface area contributed by atoms with Crippen LogP contribution in [0, 0.1) is 0 Å². The highest BCUT2D eigenvalue weighted by molar-refractivity contribution is 5.92. The van der Waals surface area contributed by atoms with Gasteiger partial charge in [-0.15, -0.1) is 0 Å². The molecule has 0 aliphatic carbocycles. The molecule has 1 aromatic heterocycles. The predicted octanol–water partition coefficient (Wildman–Crippen LogP) is 1.92. The molecule has 0 N–H and O–H groups in total. The minimum atomic E-state index is -0.855. The number of carbonyl (C=O) groups is 2. The van der Waals surface area contributed by atoms with Crippen LogP contribution in [0.3, 0.4) is 0 Å². The Balaban J connectivity index is 1.76. The molecule has 0 spiro atoms. The maximum atomic E-state index is 12.5. The van der Waals surface area contributed by atoms with Gasteiger partial charge in [0.15, 0.2) is 5.58 Å². The van der Waals surface area contributed by atoms with Crippen LogP contribution in [-0.4, -0.2) is 40.6 Å². The van der Waals surface area contributed by atoms with E-state index in [1.807, 2.05) is 24.3 Å². The number of fused-ring (bicyclic) bond motifs is 1. The van der Waals surface area contributed by atoms with Gasteiger partial charge >= 0.3 is 5.97 Å². The molecule has 0 radical (unpaired) electrons. The number of hydrogen-bond donors (Lipinski definition) is 0. The summed E-state index contributed by atoms with van der Waals surface area (Å²) in [6.45, 7) is 4.37. The first-order chi connectivity index (χ1) is 10.6. The van der Waals surface area contributed by atoms with Gasteiger partial charge in [0.25, 0.3) is 0 Å². The van der Waals surface area contributed by atoms with Crippen LogP contribution in [0.5, 0.6) is 0 Å². The Morgan fingerprint density at radius 3 is 2.86 bits per heavy atom. The first kappa shape index (κ1) is 14.6. The molecule has 6 heteroatoms. The van der Waals surface area contributed by atoms with E-state index >= 15 is 0 Å². The van der Waals surface area contributed by atoms with Gasteiger partial charge in [0, 0.05) is 11.9 Å². The van der Waals surface area contributed by atoms with E-state index in [9.17, 15) is 9.59 Å². The minimum absolute atomic E-state index is 0.117. The zero-order chi connectivity index (χ0) is 15.7. The molecule has 116 valence electrons. The summed E-state index contributed by atoms with van der Waals surface area (Å²) >= 11 is 0. The molecule has 2 aromatic rings. The summed E-state index contributed by atoms with van der Waals surface area (Å²) in [4.78, 5) is 26.1. The number of carbonyl (C=O) groups excluding carboxylic acids is 2. The molecule has 0 saturated carbocycles. The third kappa shape index (κ3) is 2.24. The fourth-order valence-corrected chi connectivity index (χ4v) is 2.76. The highest BCUT2D eigenvalue weighted by Crippen LogP contribution is 2.32. The van der Waals surface area contributed by atoms with Gasteiger partial charge in [-0.3, -0.25) is 4.79 Å². The molecule has 0 bridgehead atoms. The summed E-state index contributed by atoms with van der Waals surface area (Å²) in [5.41, 5.74) is 0.396. The van der Waals surface area contributed by atoms with Crippen LogP contribution in [0.4, 0.5) is 0 Å². The maximum Gasteiger partial charge on any atom is 0.331 e. The smallest absolute Gasteiger partial charge is 0.331 e. The van der Waals surface area contributed by atoms with Gasteiger partial charge in [-0.2, -0.15) is 0 Å². The van der Waals surface area contributed by atoms with Gasteiger partial charge in [-0.1, -0.05) is 17.3 Å². The van der Waals surface area contributed by atoms with Crippen LogP contribution >= 0.6 is 0 Å². The van der Waals surface area contributed by atoms with E-state index in [-0.39, 0.29) is 18.3 Å². The van der Waals surface area contributed by atoms with E-state index in [4.69, 9.17) is 9.26 Å². The number of rotatable bonds is 4. The van der Waals surface area contributed by atoms with Crippen molar-refractivity contribution >= 4 is 22.8 Å². The van der Waals surface area contributed by atoms with E-state index in [1.165, 1.54) is 0 Å². The van der Waals surface area contributed by atoms with Crippen LogP contribution in [-0.2, 0) is 20.7 Å². The second-order valence-electron chi connectivity index (χ2n) is 5.59. The van der Waals surface area contributed by atoms with Gasteiger partial charge in [0.05, 0.1) is 13.0 Å². The number of nitrogens with zero attached hydrogens (tertiary/aromatic N) is 2. The molecule has 1 amide bonds. The fourth-order valence-electron chi connectivity index (χ4n) is 2.76. The van der Waals surface area contributed by atoms with Crippen molar-refractivity contribution in [3.8, 4) is 0 Å². The van der Waals surface area contributed by atoms with E-state index in [0.717, 1.165) is 5.39 Å². The first-order valence-electron chi connectivity index (χ1n) is 7.37. The molecule has 1 aliphatic heterocycles. The second-order valence-corrected chi connectivity index (χ2v) is 5.59. The molecule has 6 nitrogen and oxygen atoms in total. The summed E-state index contributed by atoms with van der Waals surface area (Å²) < 4.78 is 10.3. The zero-order valence-corrected chi connectivity index (χ0v) is 12.7. The van der Waals surface area contributed by atoms with E-state index in [1.54, 1.807) is 18.7 Å². The average Bonchev–Trinajstić information content (AvgIpc) is 2.89. The van der Waals surface area contributed by atoms with Crippen molar-refractivity contribution in [2.45, 2.75) is 32.2 Å². The topological polar surface area (TPSA) is 72.6 Å². The number of hydrogen-bond acceptors (Lipinski definition) is 5. The first-order valence-corrected chi connectivity index (χ1v) is 7.37. The minimum Gasteiger partial charge on any atom is -0.464 e. The van der Waals surface area contributed by atoms with E-state index in [0.29, 0.717) is 30.8 Å². The third-order valence-corrected chi connectivity index (χ3v) is 4.21. The Morgan fingerprint density at radius 2 is 2.18 bits per heavy atom. The highest BCUT2D eigenvalue weighted by Gasteiger charge is 2.50. The summed E-state index contributed by atoms with van der Waals surface area (Å²) in [6.07, 6.45) is 0.739. The monoisotopic (exact) mass is 302 g/mol. The standard InChI is InChI=1S/C16H18N2O4/c1-3-21-15(20)16(2)8-9-18(16)14(19)10-12-11-6-4-5-7-13(11)22-17-12/h4-7H,3,8-10H2,1-2H3. The van der Waals surface area contributed by atoms with E-state index in [2.05, 4.69) is 5.16 Å². The molecule has 22 heavy (non-hydrogen) atoms. The van der Waals surface area contributed by atoms with Gasteiger partial charge in [0.1, 0.15) is 11.2 Å². The molecule has 1 unspecified atom stereocenters. The lowest BCUT2D eigenvalue weighted by Crippen LogP contribution is -2.65. The number of benzene rings is 1. The van der Waals surface area contributed by atoms with Crippen LogP contribution < -0.4 is 0 Å². The number of ether oxygens (including phenoxy) is 1. The van der Waals surface area contributed by atoms with Gasteiger partial charge in [-0.25, -0.2) is 4.79 Å². The summed E-state index contributed by atoms with van der Waals surface area (Å²) in [5.74, 6) is -0.486. The lowest BCUT2D eigenvalue weighted by atomic mass is 9.86. The predicted molar refractivity (Wildman–Crippen MR) is 79.1 cm³/mol. The SMILES string of the molecule is CCOC(=O)C1(C)CCN1C(=O)Cc1noc2ccccc12. The summed E-state index contributed by atoms with van der Waals surface area (Å²) in [7, 11) is 0. The Kier molecular flexibility index (Phi) is 3.60. The molecule has 1 aliphatic rings. The molecular formula is C16H18N2O4. The van der Waals surface area contributed by atoms with Gasteiger partial charge in [0.2, 0.25) is 5.91 Å². The summed E-state index contributed by atoms with van der Waals surface area (Å²) in [5, 5.41) is 4.79. The van der Waals surface area contributed by atoms with Crippen molar-refractivity contribution < 1.29 is 18.8 Å². The summed E-state index contributed by atoms with van der Waals surface area (Å²) in [6, 6.07) is 7.41. The zero-order valence-electron chi connectivity index (χ0n) is 12.7. The fraction of sp³-hybridized carbons (Fsp3) is 0.438. The number of para-hydroxylation sites is 1. The molecule has 1 aromatic carbocycles. The van der Waals surface area contributed by atoms with Crippen molar-refractivity contribution in [3.63, 3.8) is 0 Å². The number of aromatic nitrogens is 1. The lowest BCUT2D eigenvalue weighted by Gasteiger charge is -2.48. The van der Waals surface area contributed by atoms with Crippen LogP contribution in [0.15, 0.2) is 28.8 Å². The molecule has 3 rings (SSSR count). The van der Waals surface area contributed by atoms with Gasteiger partial charge in [-0.05, 0) is 32.4 Å². The normalized spacial score (nSPS) is 20.7. The van der Waals surface area contributed by atoms with Crippen molar-refractivity contribution in [1.82, 2.24) is 10.1 Å². The molecule has 1 saturated heterocycles. The largest absolute Gasteiger partial charge is 0.464 e.